The van der Waals surface area contributed by atoms with E-state index in [1.807, 2.05) is 6.92 Å². The van der Waals surface area contributed by atoms with E-state index >= 15 is 0 Å². The van der Waals surface area contributed by atoms with E-state index in [1.54, 1.807) is 18.3 Å². The van der Waals surface area contributed by atoms with Crippen LogP contribution in [0.4, 0.5) is 0 Å². The van der Waals surface area contributed by atoms with E-state index in [2.05, 4.69) is 23.4 Å². The summed E-state index contributed by atoms with van der Waals surface area (Å²) in [5, 5.41) is 4.49. The molecule has 1 amide bonds. The Labute approximate surface area is 165 Å². The van der Waals surface area contributed by atoms with Crippen LogP contribution in [0.3, 0.4) is 0 Å². The van der Waals surface area contributed by atoms with Crippen LogP contribution in [0.2, 0.25) is 5.02 Å². The maximum absolute atomic E-state index is 12.5. The lowest BCUT2D eigenvalue weighted by Crippen LogP contribution is -2.22. The molecule has 0 saturated heterocycles. The van der Waals surface area contributed by atoms with Crippen LogP contribution in [-0.2, 0) is 4.79 Å². The van der Waals surface area contributed by atoms with Crippen LogP contribution in [0.1, 0.15) is 45.1 Å². The van der Waals surface area contributed by atoms with Gasteiger partial charge < -0.3 is 9.47 Å². The van der Waals surface area contributed by atoms with Gasteiger partial charge in [-0.15, -0.1) is 6.42 Å². The molecule has 0 bridgehead atoms. The van der Waals surface area contributed by atoms with Crippen molar-refractivity contribution in [3.8, 4) is 23.8 Å². The van der Waals surface area contributed by atoms with E-state index in [1.165, 1.54) is 12.8 Å². The Kier molecular flexibility index (Phi) is 5.96. The van der Waals surface area contributed by atoms with Crippen LogP contribution in [0.15, 0.2) is 17.2 Å². The molecule has 2 aliphatic rings. The summed E-state index contributed by atoms with van der Waals surface area (Å²) >= 11 is 6.29. The molecule has 3 rings (SSSR count). The van der Waals surface area contributed by atoms with E-state index in [-0.39, 0.29) is 23.8 Å². The average Bonchev–Trinajstić information content (AvgIpc) is 3.27. The summed E-state index contributed by atoms with van der Waals surface area (Å²) in [6.45, 7) is 4.65. The molecule has 1 N–H and O–H groups in total. The third-order valence-corrected chi connectivity index (χ3v) is 5.91. The van der Waals surface area contributed by atoms with Gasteiger partial charge in [-0.05, 0) is 48.8 Å². The molecule has 0 spiro atoms. The standard InChI is InChI=1S/C21H25ClN2O3/c1-4-10-27-19-16(22)11-14(12-17(19)26-5-2)13-23-24-20(25)18-15-8-6-7-9-21(15,18)3/h1,11-13,15,18H,5-10H2,2-3H3,(H,24,25)/b23-13-/t15-,18-,21+/m0/s1. The molecular formula is C21H25ClN2O3. The summed E-state index contributed by atoms with van der Waals surface area (Å²) in [7, 11) is 0. The highest BCUT2D eigenvalue weighted by Crippen LogP contribution is 2.66. The predicted molar refractivity (Wildman–Crippen MR) is 106 cm³/mol. The van der Waals surface area contributed by atoms with Crippen molar-refractivity contribution in [3.05, 3.63) is 22.7 Å². The monoisotopic (exact) mass is 388 g/mol. The first-order valence-corrected chi connectivity index (χ1v) is 9.74. The number of nitrogens with one attached hydrogen (secondary N) is 1. The zero-order valence-corrected chi connectivity index (χ0v) is 16.5. The van der Waals surface area contributed by atoms with Crippen molar-refractivity contribution >= 4 is 23.7 Å². The largest absolute Gasteiger partial charge is 0.490 e. The first-order valence-electron chi connectivity index (χ1n) is 9.36. The lowest BCUT2D eigenvalue weighted by molar-refractivity contribution is -0.123. The van der Waals surface area contributed by atoms with Crippen molar-refractivity contribution in [2.75, 3.05) is 13.2 Å². The van der Waals surface area contributed by atoms with E-state index in [9.17, 15) is 4.79 Å². The zero-order chi connectivity index (χ0) is 19.4. The van der Waals surface area contributed by atoms with Gasteiger partial charge in [0.05, 0.1) is 17.8 Å². The molecule has 6 heteroatoms. The topological polar surface area (TPSA) is 59.9 Å². The van der Waals surface area contributed by atoms with Gasteiger partial charge in [0.2, 0.25) is 5.91 Å². The highest BCUT2D eigenvalue weighted by molar-refractivity contribution is 6.32. The molecular weight excluding hydrogens is 364 g/mol. The number of carbonyl (C=O) groups is 1. The van der Waals surface area contributed by atoms with Gasteiger partial charge in [0.15, 0.2) is 11.5 Å². The second-order valence-corrected chi connectivity index (χ2v) is 7.73. The second kappa shape index (κ2) is 8.22. The Morgan fingerprint density at radius 3 is 2.96 bits per heavy atom. The van der Waals surface area contributed by atoms with Crippen LogP contribution >= 0.6 is 11.6 Å². The van der Waals surface area contributed by atoms with Gasteiger partial charge in [0.25, 0.3) is 0 Å². The maximum Gasteiger partial charge on any atom is 0.244 e. The molecule has 1 aromatic rings. The SMILES string of the molecule is C#CCOc1c(Cl)cc(/C=N\NC(=O)[C@@H]2[C@@H]3CCCC[C@@]23C)cc1OCC. The summed E-state index contributed by atoms with van der Waals surface area (Å²) in [6.07, 6.45) is 11.5. The van der Waals surface area contributed by atoms with Crippen LogP contribution < -0.4 is 14.9 Å². The van der Waals surface area contributed by atoms with Crippen LogP contribution in [0.5, 0.6) is 11.5 Å². The van der Waals surface area contributed by atoms with Crippen molar-refractivity contribution in [1.82, 2.24) is 5.43 Å². The number of ether oxygens (including phenoxy) is 2. The smallest absolute Gasteiger partial charge is 0.244 e. The van der Waals surface area contributed by atoms with E-state index in [0.29, 0.717) is 34.6 Å². The van der Waals surface area contributed by atoms with Crippen LogP contribution in [0, 0.1) is 29.6 Å². The van der Waals surface area contributed by atoms with Gasteiger partial charge in [0.1, 0.15) is 6.61 Å². The normalized spacial score (nSPS) is 26.1. The number of rotatable bonds is 7. The van der Waals surface area contributed by atoms with E-state index in [4.69, 9.17) is 27.5 Å². The molecule has 2 saturated carbocycles. The molecule has 27 heavy (non-hydrogen) atoms. The Morgan fingerprint density at radius 2 is 2.30 bits per heavy atom. The van der Waals surface area contributed by atoms with Gasteiger partial charge in [-0.2, -0.15) is 5.10 Å². The van der Waals surface area contributed by atoms with Crippen molar-refractivity contribution in [2.24, 2.45) is 22.4 Å². The van der Waals surface area contributed by atoms with Gasteiger partial charge >= 0.3 is 0 Å². The van der Waals surface area contributed by atoms with Crippen molar-refractivity contribution in [1.29, 1.82) is 0 Å². The summed E-state index contributed by atoms with van der Waals surface area (Å²) < 4.78 is 11.0. The highest BCUT2D eigenvalue weighted by Gasteiger charge is 2.64. The van der Waals surface area contributed by atoms with Crippen molar-refractivity contribution in [3.63, 3.8) is 0 Å². The quantitative estimate of drug-likeness (QED) is 0.436. The molecule has 2 aliphatic carbocycles. The fraction of sp³-hybridized carbons (Fsp3) is 0.524. The molecule has 5 nitrogen and oxygen atoms in total. The molecule has 0 unspecified atom stereocenters. The summed E-state index contributed by atoms with van der Waals surface area (Å²) in [6, 6.07) is 3.46. The second-order valence-electron chi connectivity index (χ2n) is 7.33. The van der Waals surface area contributed by atoms with Crippen molar-refractivity contribution < 1.29 is 14.3 Å². The Bertz CT molecular complexity index is 786. The number of benzene rings is 1. The number of hydrogen-bond acceptors (Lipinski definition) is 4. The minimum atomic E-state index is 0.00533. The van der Waals surface area contributed by atoms with Gasteiger partial charge in [-0.25, -0.2) is 5.43 Å². The van der Waals surface area contributed by atoms with Crippen LogP contribution in [0.25, 0.3) is 0 Å². The summed E-state index contributed by atoms with van der Waals surface area (Å²) in [5.74, 6) is 3.90. The average molecular weight is 389 g/mol. The minimum absolute atomic E-state index is 0.00533. The predicted octanol–water partition coefficient (Wildman–Crippen LogP) is 4.03. The lowest BCUT2D eigenvalue weighted by Gasteiger charge is -2.15. The fourth-order valence-corrected chi connectivity index (χ4v) is 4.54. The summed E-state index contributed by atoms with van der Waals surface area (Å²) in [4.78, 5) is 12.5. The third kappa shape index (κ3) is 4.06. The number of fused-ring (bicyclic) bond motifs is 1. The number of carbonyl (C=O) groups excluding carboxylic acids is 1. The molecule has 0 heterocycles. The Morgan fingerprint density at radius 1 is 1.48 bits per heavy atom. The van der Waals surface area contributed by atoms with Gasteiger partial charge in [0, 0.05) is 5.92 Å². The molecule has 3 atom stereocenters. The maximum atomic E-state index is 12.5. The molecule has 2 fully saturated rings. The van der Waals surface area contributed by atoms with Gasteiger partial charge in [-0.3, -0.25) is 4.79 Å². The number of terminal acetylenes is 1. The van der Waals surface area contributed by atoms with Crippen LogP contribution in [-0.4, -0.2) is 25.3 Å². The fourth-order valence-electron chi connectivity index (χ4n) is 4.27. The summed E-state index contributed by atoms with van der Waals surface area (Å²) in [5.41, 5.74) is 3.55. The Balaban J connectivity index is 1.66. The molecule has 0 aliphatic heterocycles. The molecule has 1 aromatic carbocycles. The third-order valence-electron chi connectivity index (χ3n) is 5.63. The number of amides is 1. The highest BCUT2D eigenvalue weighted by atomic mass is 35.5. The molecule has 144 valence electrons. The molecule has 0 aromatic heterocycles. The number of hydrazone groups is 1. The number of hydrogen-bond donors (Lipinski definition) is 1. The first kappa shape index (κ1) is 19.6. The lowest BCUT2D eigenvalue weighted by atomic mass is 9.90. The Hall–Kier alpha value is -2.19. The number of halogens is 1. The zero-order valence-electron chi connectivity index (χ0n) is 15.8. The van der Waals surface area contributed by atoms with Crippen molar-refractivity contribution in [2.45, 2.75) is 39.5 Å². The minimum Gasteiger partial charge on any atom is -0.490 e. The van der Waals surface area contributed by atoms with E-state index in [0.717, 1.165) is 12.8 Å². The van der Waals surface area contributed by atoms with Gasteiger partial charge in [-0.1, -0.05) is 37.3 Å². The molecule has 0 radical (unpaired) electrons. The van der Waals surface area contributed by atoms with E-state index < -0.39 is 0 Å². The first-order chi connectivity index (χ1) is 13.0. The number of nitrogens with zero attached hydrogens (tertiary/aromatic N) is 1.